The maximum atomic E-state index is 10.7. The van der Waals surface area contributed by atoms with Crippen LogP contribution >= 0.6 is 0 Å². The highest BCUT2D eigenvalue weighted by molar-refractivity contribution is 4.80. The molecule has 0 bridgehead atoms. The van der Waals surface area contributed by atoms with Gasteiger partial charge in [0, 0.05) is 26.2 Å². The SMILES string of the molecule is COCN([O-])NC1CNC1. The van der Waals surface area contributed by atoms with Crippen LogP contribution in [0.4, 0.5) is 0 Å². The lowest BCUT2D eigenvalue weighted by Crippen LogP contribution is -2.59. The molecule has 1 heterocycles. The first-order valence-corrected chi connectivity index (χ1v) is 3.23. The van der Waals surface area contributed by atoms with Gasteiger partial charge in [0.1, 0.15) is 0 Å². The van der Waals surface area contributed by atoms with E-state index in [1.807, 2.05) is 0 Å². The first-order chi connectivity index (χ1) is 4.83. The van der Waals surface area contributed by atoms with Crippen molar-refractivity contribution in [2.24, 2.45) is 0 Å². The first kappa shape index (κ1) is 7.90. The van der Waals surface area contributed by atoms with Gasteiger partial charge >= 0.3 is 0 Å². The summed E-state index contributed by atoms with van der Waals surface area (Å²) in [7, 11) is 1.49. The molecule has 0 aromatic rings. The summed E-state index contributed by atoms with van der Waals surface area (Å²) in [5, 5.41) is 14.4. The zero-order valence-electron chi connectivity index (χ0n) is 5.96. The molecule has 1 aliphatic rings. The van der Waals surface area contributed by atoms with Gasteiger partial charge in [-0.1, -0.05) is 0 Å². The monoisotopic (exact) mass is 146 g/mol. The molecule has 0 aliphatic carbocycles. The minimum absolute atomic E-state index is 0.0799. The van der Waals surface area contributed by atoms with E-state index in [2.05, 4.69) is 15.5 Å². The van der Waals surface area contributed by atoms with E-state index < -0.39 is 0 Å². The molecule has 2 N–H and O–H groups in total. The topological polar surface area (TPSA) is 59.6 Å². The minimum Gasteiger partial charge on any atom is -0.770 e. The fraction of sp³-hybridized carbons (Fsp3) is 1.00. The number of methoxy groups -OCH3 is 1. The van der Waals surface area contributed by atoms with Crippen LogP contribution in [0.2, 0.25) is 0 Å². The summed E-state index contributed by atoms with van der Waals surface area (Å²) < 4.78 is 4.60. The number of rotatable bonds is 4. The molecule has 5 heteroatoms. The van der Waals surface area contributed by atoms with Gasteiger partial charge in [-0.3, -0.25) is 10.6 Å². The van der Waals surface area contributed by atoms with Gasteiger partial charge in [0.25, 0.3) is 0 Å². The number of hydrogen-bond acceptors (Lipinski definition) is 5. The number of hydroxylamine groups is 1. The molecular formula is C5H12N3O2-. The quantitative estimate of drug-likeness (QED) is 0.388. The van der Waals surface area contributed by atoms with E-state index in [1.54, 1.807) is 0 Å². The molecule has 0 aromatic carbocycles. The first-order valence-electron chi connectivity index (χ1n) is 3.23. The maximum absolute atomic E-state index is 10.7. The third-order valence-electron chi connectivity index (χ3n) is 1.35. The third kappa shape index (κ3) is 2.20. The molecule has 10 heavy (non-hydrogen) atoms. The summed E-state index contributed by atoms with van der Waals surface area (Å²) in [4.78, 5) is 0. The molecular weight excluding hydrogens is 134 g/mol. The summed E-state index contributed by atoms with van der Waals surface area (Å²) in [6.45, 7) is 1.81. The molecule has 0 amide bonds. The van der Waals surface area contributed by atoms with Crippen molar-refractivity contribution in [3.8, 4) is 0 Å². The van der Waals surface area contributed by atoms with Crippen molar-refractivity contribution < 1.29 is 4.74 Å². The van der Waals surface area contributed by atoms with Gasteiger partial charge in [0.2, 0.25) is 0 Å². The molecule has 60 valence electrons. The lowest BCUT2D eigenvalue weighted by Gasteiger charge is -2.37. The molecule has 5 nitrogen and oxygen atoms in total. The minimum atomic E-state index is 0.0799. The van der Waals surface area contributed by atoms with Crippen LogP contribution in [0.1, 0.15) is 0 Å². The molecule has 1 fully saturated rings. The smallest absolute Gasteiger partial charge is 0.0998 e. The number of hydrazine groups is 1. The van der Waals surface area contributed by atoms with Crippen molar-refractivity contribution in [3.63, 3.8) is 0 Å². The van der Waals surface area contributed by atoms with E-state index in [-0.39, 0.29) is 12.8 Å². The molecule has 0 spiro atoms. The van der Waals surface area contributed by atoms with E-state index in [0.29, 0.717) is 5.17 Å². The average molecular weight is 146 g/mol. The molecule has 1 saturated heterocycles. The van der Waals surface area contributed by atoms with Gasteiger partial charge in [0.15, 0.2) is 0 Å². The summed E-state index contributed by atoms with van der Waals surface area (Å²) in [6, 6.07) is 0.285. The predicted octanol–water partition coefficient (Wildman–Crippen LogP) is -1.13. The highest BCUT2D eigenvalue weighted by Crippen LogP contribution is 1.91. The fourth-order valence-electron chi connectivity index (χ4n) is 0.738. The standard InChI is InChI=1S/C5H12N3O2/c1-10-4-8(9)7-5-2-6-3-5/h5-7H,2-4H2,1H3/q-1. The molecule has 1 rings (SSSR count). The maximum Gasteiger partial charge on any atom is 0.0998 e. The van der Waals surface area contributed by atoms with Gasteiger partial charge in [-0.05, 0) is 0 Å². The van der Waals surface area contributed by atoms with Crippen LogP contribution in [-0.2, 0) is 4.74 Å². The summed E-state index contributed by atoms with van der Waals surface area (Å²) in [5.41, 5.74) is 2.71. The lowest BCUT2D eigenvalue weighted by molar-refractivity contribution is 0.0454. The second-order valence-electron chi connectivity index (χ2n) is 2.28. The Balaban J connectivity index is 1.99. The Morgan fingerprint density at radius 2 is 2.50 bits per heavy atom. The second-order valence-corrected chi connectivity index (χ2v) is 2.28. The summed E-state index contributed by atoms with van der Waals surface area (Å²) in [5.74, 6) is 0. The third-order valence-corrected chi connectivity index (χ3v) is 1.35. The Kier molecular flexibility index (Phi) is 3.04. The van der Waals surface area contributed by atoms with E-state index in [4.69, 9.17) is 0 Å². The Labute approximate surface area is 59.9 Å². The fourth-order valence-corrected chi connectivity index (χ4v) is 0.738. The van der Waals surface area contributed by atoms with Crippen molar-refractivity contribution in [2.45, 2.75) is 6.04 Å². The number of nitrogens with one attached hydrogen (secondary N) is 2. The number of ether oxygens (including phenoxy) is 1. The van der Waals surface area contributed by atoms with Crippen molar-refractivity contribution >= 4 is 0 Å². The highest BCUT2D eigenvalue weighted by atomic mass is 16.6. The summed E-state index contributed by atoms with van der Waals surface area (Å²) >= 11 is 0. The van der Waals surface area contributed by atoms with Gasteiger partial charge < -0.3 is 15.3 Å². The average Bonchev–Trinajstić information content (AvgIpc) is 1.80. The normalized spacial score (nSPS) is 19.5. The zero-order valence-corrected chi connectivity index (χ0v) is 5.96. The van der Waals surface area contributed by atoms with Gasteiger partial charge in [-0.2, -0.15) is 0 Å². The molecule has 0 saturated carbocycles. The van der Waals surface area contributed by atoms with Crippen LogP contribution in [0.5, 0.6) is 0 Å². The van der Waals surface area contributed by atoms with Gasteiger partial charge in [-0.15, -0.1) is 0 Å². The molecule has 0 aromatic heterocycles. The van der Waals surface area contributed by atoms with Crippen molar-refractivity contribution in [2.75, 3.05) is 26.9 Å². The van der Waals surface area contributed by atoms with Crippen LogP contribution < -0.4 is 10.7 Å². The Hall–Kier alpha value is -0.200. The van der Waals surface area contributed by atoms with Gasteiger partial charge in [-0.25, -0.2) is 0 Å². The van der Waals surface area contributed by atoms with Crippen LogP contribution in [0.15, 0.2) is 0 Å². The largest absolute Gasteiger partial charge is 0.770 e. The van der Waals surface area contributed by atoms with Gasteiger partial charge in [0.05, 0.1) is 6.73 Å². The number of nitrogens with zero attached hydrogens (tertiary/aromatic N) is 1. The van der Waals surface area contributed by atoms with E-state index in [9.17, 15) is 5.21 Å². The molecule has 0 radical (unpaired) electrons. The van der Waals surface area contributed by atoms with Crippen LogP contribution in [0.3, 0.4) is 0 Å². The molecule has 1 aliphatic heterocycles. The number of hydrogen-bond donors (Lipinski definition) is 2. The van der Waals surface area contributed by atoms with Crippen molar-refractivity contribution in [1.82, 2.24) is 15.9 Å². The van der Waals surface area contributed by atoms with Crippen molar-refractivity contribution in [1.29, 1.82) is 0 Å². The van der Waals surface area contributed by atoms with E-state index >= 15 is 0 Å². The van der Waals surface area contributed by atoms with Crippen molar-refractivity contribution in [3.05, 3.63) is 5.21 Å². The lowest BCUT2D eigenvalue weighted by atomic mass is 10.2. The van der Waals surface area contributed by atoms with E-state index in [0.717, 1.165) is 13.1 Å². The Morgan fingerprint density at radius 1 is 1.80 bits per heavy atom. The zero-order chi connectivity index (χ0) is 7.40. The van der Waals surface area contributed by atoms with Crippen LogP contribution in [-0.4, -0.2) is 38.1 Å². The second kappa shape index (κ2) is 3.85. The molecule has 0 atom stereocenters. The van der Waals surface area contributed by atoms with Crippen LogP contribution in [0, 0.1) is 5.21 Å². The predicted molar refractivity (Wildman–Crippen MR) is 36.9 cm³/mol. The molecule has 0 unspecified atom stereocenters. The highest BCUT2D eigenvalue weighted by Gasteiger charge is 2.15. The van der Waals surface area contributed by atoms with Crippen LogP contribution in [0.25, 0.3) is 0 Å². The summed E-state index contributed by atoms with van der Waals surface area (Å²) in [6.07, 6.45) is 0. The van der Waals surface area contributed by atoms with E-state index in [1.165, 1.54) is 7.11 Å². The Morgan fingerprint density at radius 3 is 2.90 bits per heavy atom. The Bertz CT molecular complexity index is 96.9.